The van der Waals surface area contributed by atoms with Crippen molar-refractivity contribution < 1.29 is 8.91 Å². The largest absolute Gasteiger partial charge is 0.384 e. The number of hydrogen-bond acceptors (Lipinski definition) is 6. The van der Waals surface area contributed by atoms with Crippen molar-refractivity contribution in [1.82, 2.24) is 24.9 Å². The Kier molecular flexibility index (Phi) is 3.70. The molecular weight excluding hydrogens is 323 g/mol. The molecule has 0 spiro atoms. The van der Waals surface area contributed by atoms with Crippen molar-refractivity contribution in [2.24, 2.45) is 0 Å². The highest BCUT2D eigenvalue weighted by molar-refractivity contribution is 5.61. The van der Waals surface area contributed by atoms with E-state index in [1.165, 1.54) is 17.0 Å². The molecule has 0 bridgehead atoms. The molecule has 3 heterocycles. The van der Waals surface area contributed by atoms with Gasteiger partial charge in [-0.25, -0.2) is 14.1 Å². The summed E-state index contributed by atoms with van der Waals surface area (Å²) in [5.41, 5.74) is 8.18. The van der Waals surface area contributed by atoms with E-state index in [-0.39, 0.29) is 5.82 Å². The second kappa shape index (κ2) is 6.16. The number of aromatic nitrogens is 5. The van der Waals surface area contributed by atoms with Crippen LogP contribution in [0, 0.1) is 5.82 Å². The summed E-state index contributed by atoms with van der Waals surface area (Å²) in [4.78, 5) is 8.31. The molecule has 4 rings (SSSR count). The summed E-state index contributed by atoms with van der Waals surface area (Å²) in [6.07, 6.45) is 5.04. The van der Waals surface area contributed by atoms with Gasteiger partial charge >= 0.3 is 0 Å². The fraction of sp³-hybridized carbons (Fsp3) is 0.0588. The second-order valence-electron chi connectivity index (χ2n) is 5.37. The third-order valence-electron chi connectivity index (χ3n) is 3.69. The minimum absolute atomic E-state index is 0.289. The average Bonchev–Trinajstić information content (AvgIpc) is 3.26. The van der Waals surface area contributed by atoms with E-state index in [0.717, 1.165) is 0 Å². The first-order chi connectivity index (χ1) is 12.2. The Balaban J connectivity index is 1.80. The molecule has 3 aromatic heterocycles. The Morgan fingerprint density at radius 1 is 1.16 bits per heavy atom. The first-order valence-corrected chi connectivity index (χ1v) is 7.52. The Morgan fingerprint density at radius 2 is 2.04 bits per heavy atom. The summed E-state index contributed by atoms with van der Waals surface area (Å²) in [6, 6.07) is 9.88. The van der Waals surface area contributed by atoms with Crippen LogP contribution in [-0.2, 0) is 6.42 Å². The second-order valence-corrected chi connectivity index (χ2v) is 5.37. The number of benzene rings is 1. The maximum Gasteiger partial charge on any atom is 0.252 e. The monoisotopic (exact) mass is 336 g/mol. The van der Waals surface area contributed by atoms with E-state index < -0.39 is 0 Å². The van der Waals surface area contributed by atoms with Gasteiger partial charge in [0.1, 0.15) is 23.6 Å². The van der Waals surface area contributed by atoms with Gasteiger partial charge in [0.2, 0.25) is 0 Å². The maximum atomic E-state index is 14.0. The van der Waals surface area contributed by atoms with Crippen molar-refractivity contribution in [3.8, 4) is 17.2 Å². The quantitative estimate of drug-likeness (QED) is 0.615. The van der Waals surface area contributed by atoms with Crippen LogP contribution in [-0.4, -0.2) is 24.9 Å². The van der Waals surface area contributed by atoms with E-state index in [4.69, 9.17) is 10.3 Å². The minimum Gasteiger partial charge on any atom is -0.384 e. The van der Waals surface area contributed by atoms with Gasteiger partial charge in [0.15, 0.2) is 0 Å². The van der Waals surface area contributed by atoms with Gasteiger partial charge in [0.05, 0.1) is 5.69 Å². The molecule has 0 aliphatic heterocycles. The minimum atomic E-state index is -0.289. The van der Waals surface area contributed by atoms with Gasteiger partial charge in [-0.05, 0) is 17.7 Å². The zero-order valence-electron chi connectivity index (χ0n) is 13.0. The zero-order valence-corrected chi connectivity index (χ0v) is 13.0. The predicted octanol–water partition coefficient (Wildman–Crippen LogP) is 2.63. The van der Waals surface area contributed by atoms with Crippen LogP contribution in [0.15, 0.2) is 59.6 Å². The van der Waals surface area contributed by atoms with Crippen LogP contribution < -0.4 is 5.73 Å². The normalized spacial score (nSPS) is 10.9. The molecule has 7 nitrogen and oxygen atoms in total. The molecule has 0 atom stereocenters. The molecule has 8 heteroatoms. The summed E-state index contributed by atoms with van der Waals surface area (Å²) in [7, 11) is 0. The van der Waals surface area contributed by atoms with Gasteiger partial charge in [-0.3, -0.25) is 0 Å². The van der Waals surface area contributed by atoms with E-state index in [1.807, 2.05) is 0 Å². The molecule has 0 aliphatic rings. The standard InChI is InChI=1S/C17H13FN6O/c18-13-4-2-1-3-11(13)9-15-12(14-6-8-25-23-14)10-24(22-15)17-20-7-5-16(19)21-17/h1-8,10H,9H2,(H2,19,20,21). The molecule has 0 saturated carbocycles. The predicted molar refractivity (Wildman–Crippen MR) is 88.3 cm³/mol. The SMILES string of the molecule is Nc1ccnc(-n2cc(-c3ccon3)c(Cc3ccccc3F)n2)n1. The lowest BCUT2D eigenvalue weighted by molar-refractivity contribution is 0.422. The third kappa shape index (κ3) is 2.97. The third-order valence-corrected chi connectivity index (χ3v) is 3.69. The van der Waals surface area contributed by atoms with Crippen molar-refractivity contribution in [1.29, 1.82) is 0 Å². The Morgan fingerprint density at radius 3 is 2.80 bits per heavy atom. The van der Waals surface area contributed by atoms with E-state index in [1.54, 1.807) is 42.7 Å². The van der Waals surface area contributed by atoms with Crippen LogP contribution in [0.25, 0.3) is 17.2 Å². The summed E-state index contributed by atoms with van der Waals surface area (Å²) >= 11 is 0. The molecule has 0 aliphatic carbocycles. The number of nitrogens with zero attached hydrogens (tertiary/aromatic N) is 5. The summed E-state index contributed by atoms with van der Waals surface area (Å²) < 4.78 is 20.4. The highest BCUT2D eigenvalue weighted by Crippen LogP contribution is 2.25. The number of anilines is 1. The molecule has 0 saturated heterocycles. The number of nitrogen functional groups attached to an aromatic ring is 1. The van der Waals surface area contributed by atoms with E-state index >= 15 is 0 Å². The average molecular weight is 336 g/mol. The summed E-state index contributed by atoms with van der Waals surface area (Å²) in [5.74, 6) is 0.368. The summed E-state index contributed by atoms with van der Waals surface area (Å²) in [6.45, 7) is 0. The molecule has 0 amide bonds. The van der Waals surface area contributed by atoms with Crippen molar-refractivity contribution in [3.05, 3.63) is 72.1 Å². The number of hydrogen-bond donors (Lipinski definition) is 1. The number of rotatable bonds is 4. The van der Waals surface area contributed by atoms with E-state index in [9.17, 15) is 4.39 Å². The summed E-state index contributed by atoms with van der Waals surface area (Å²) in [5, 5.41) is 8.45. The van der Waals surface area contributed by atoms with Crippen molar-refractivity contribution in [2.75, 3.05) is 5.73 Å². The molecule has 0 fully saturated rings. The lowest BCUT2D eigenvalue weighted by atomic mass is 10.1. The van der Waals surface area contributed by atoms with Gasteiger partial charge in [-0.15, -0.1) is 0 Å². The maximum absolute atomic E-state index is 14.0. The molecule has 1 aromatic carbocycles. The van der Waals surface area contributed by atoms with Crippen LogP contribution in [0.5, 0.6) is 0 Å². The Hall–Kier alpha value is -3.55. The molecule has 0 radical (unpaired) electrons. The molecule has 2 N–H and O–H groups in total. The van der Waals surface area contributed by atoms with Crippen LogP contribution in [0.2, 0.25) is 0 Å². The van der Waals surface area contributed by atoms with Gasteiger partial charge < -0.3 is 10.3 Å². The first kappa shape index (κ1) is 15.0. The van der Waals surface area contributed by atoms with E-state index in [0.29, 0.717) is 40.7 Å². The number of nitrogens with two attached hydrogens (primary N) is 1. The van der Waals surface area contributed by atoms with Crippen molar-refractivity contribution >= 4 is 5.82 Å². The van der Waals surface area contributed by atoms with Gasteiger partial charge in [-0.1, -0.05) is 23.4 Å². The molecule has 4 aromatic rings. The smallest absolute Gasteiger partial charge is 0.252 e. The Bertz CT molecular complexity index is 1010. The van der Waals surface area contributed by atoms with Crippen LogP contribution in [0.1, 0.15) is 11.3 Å². The number of halogens is 1. The van der Waals surface area contributed by atoms with Crippen LogP contribution in [0.3, 0.4) is 0 Å². The lowest BCUT2D eigenvalue weighted by Crippen LogP contribution is -2.04. The molecule has 0 unspecified atom stereocenters. The fourth-order valence-corrected chi connectivity index (χ4v) is 2.50. The van der Waals surface area contributed by atoms with Crippen LogP contribution >= 0.6 is 0 Å². The van der Waals surface area contributed by atoms with Gasteiger partial charge in [-0.2, -0.15) is 10.1 Å². The van der Waals surface area contributed by atoms with Crippen LogP contribution in [0.4, 0.5) is 10.2 Å². The molecule has 124 valence electrons. The highest BCUT2D eigenvalue weighted by Gasteiger charge is 2.17. The topological polar surface area (TPSA) is 95.7 Å². The van der Waals surface area contributed by atoms with Gasteiger partial charge in [0, 0.05) is 30.4 Å². The fourth-order valence-electron chi connectivity index (χ4n) is 2.50. The molecular formula is C17H13FN6O. The lowest BCUT2D eigenvalue weighted by Gasteiger charge is -2.02. The zero-order chi connectivity index (χ0) is 17.2. The van der Waals surface area contributed by atoms with Crippen molar-refractivity contribution in [3.63, 3.8) is 0 Å². The molecule has 25 heavy (non-hydrogen) atoms. The van der Waals surface area contributed by atoms with E-state index in [2.05, 4.69) is 20.2 Å². The highest BCUT2D eigenvalue weighted by atomic mass is 19.1. The van der Waals surface area contributed by atoms with Gasteiger partial charge in [0.25, 0.3) is 5.95 Å². The van der Waals surface area contributed by atoms with Crippen molar-refractivity contribution in [2.45, 2.75) is 6.42 Å². The first-order valence-electron chi connectivity index (χ1n) is 7.52. The Labute approximate surface area is 141 Å².